The lowest BCUT2D eigenvalue weighted by Gasteiger charge is -2.27. The van der Waals surface area contributed by atoms with Crippen molar-refractivity contribution in [2.24, 2.45) is 0 Å². The predicted octanol–water partition coefficient (Wildman–Crippen LogP) is 0.881. The van der Waals surface area contributed by atoms with Gasteiger partial charge in [0, 0.05) is 26.3 Å². The van der Waals surface area contributed by atoms with Gasteiger partial charge in [0.1, 0.15) is 0 Å². The van der Waals surface area contributed by atoms with Crippen LogP contribution in [0, 0.1) is 0 Å². The molecule has 0 radical (unpaired) electrons. The summed E-state index contributed by atoms with van der Waals surface area (Å²) in [5, 5.41) is 22.6. The summed E-state index contributed by atoms with van der Waals surface area (Å²) in [5.41, 5.74) is -0.0550. The summed E-state index contributed by atoms with van der Waals surface area (Å²) in [5.74, 6) is 0. The molecular weight excluding hydrogens is 230 g/mol. The van der Waals surface area contributed by atoms with E-state index in [2.05, 4.69) is 5.32 Å². The van der Waals surface area contributed by atoms with Gasteiger partial charge in [0.05, 0.1) is 12.2 Å². The van der Waals surface area contributed by atoms with Crippen LogP contribution in [0.25, 0.3) is 0 Å². The van der Waals surface area contributed by atoms with Crippen molar-refractivity contribution >= 4 is 0 Å². The molecule has 0 heterocycles. The van der Waals surface area contributed by atoms with E-state index in [-0.39, 0.29) is 12.6 Å². The molecule has 0 bridgehead atoms. The van der Waals surface area contributed by atoms with Crippen molar-refractivity contribution in [3.63, 3.8) is 0 Å². The van der Waals surface area contributed by atoms with Gasteiger partial charge in [-0.15, -0.1) is 0 Å². The fraction of sp³-hybridized carbons (Fsp3) is 0.571. The van der Waals surface area contributed by atoms with Crippen molar-refractivity contribution in [2.75, 3.05) is 26.9 Å². The summed E-state index contributed by atoms with van der Waals surface area (Å²) in [7, 11) is 1.63. The monoisotopic (exact) mass is 253 g/mol. The van der Waals surface area contributed by atoms with Crippen LogP contribution in [0.2, 0.25) is 0 Å². The van der Waals surface area contributed by atoms with Crippen LogP contribution in [0.15, 0.2) is 30.3 Å². The summed E-state index contributed by atoms with van der Waals surface area (Å²) in [6, 6.07) is 9.59. The van der Waals surface area contributed by atoms with E-state index in [0.717, 1.165) is 5.56 Å². The number of benzene rings is 1. The second-order valence-electron chi connectivity index (χ2n) is 4.69. The van der Waals surface area contributed by atoms with Gasteiger partial charge in [0.25, 0.3) is 0 Å². The molecular formula is C14H23NO3. The molecule has 4 nitrogen and oxygen atoms in total. The molecule has 0 saturated heterocycles. The molecule has 0 aliphatic rings. The zero-order chi connectivity index (χ0) is 13.4. The first-order valence-corrected chi connectivity index (χ1v) is 6.21. The minimum Gasteiger partial charge on any atom is -0.396 e. The lowest BCUT2D eigenvalue weighted by molar-refractivity contribution is 0.0468. The zero-order valence-electron chi connectivity index (χ0n) is 11.1. The number of nitrogens with one attached hydrogen (secondary N) is 1. The largest absolute Gasteiger partial charge is 0.396 e. The zero-order valence-corrected chi connectivity index (χ0v) is 11.1. The highest BCUT2D eigenvalue weighted by molar-refractivity contribution is 5.21. The van der Waals surface area contributed by atoms with Crippen LogP contribution in [-0.4, -0.2) is 43.1 Å². The van der Waals surface area contributed by atoms with Gasteiger partial charge in [-0.2, -0.15) is 0 Å². The Balaban J connectivity index is 2.54. The third-order valence-corrected chi connectivity index (χ3v) is 2.98. The highest BCUT2D eigenvalue weighted by Gasteiger charge is 2.23. The molecule has 2 atom stereocenters. The summed E-state index contributed by atoms with van der Waals surface area (Å²) >= 11 is 0. The Morgan fingerprint density at radius 3 is 2.56 bits per heavy atom. The van der Waals surface area contributed by atoms with E-state index in [4.69, 9.17) is 9.84 Å². The van der Waals surface area contributed by atoms with E-state index >= 15 is 0 Å². The van der Waals surface area contributed by atoms with Gasteiger partial charge in [-0.1, -0.05) is 30.3 Å². The van der Waals surface area contributed by atoms with Crippen LogP contribution < -0.4 is 5.32 Å². The quantitative estimate of drug-likeness (QED) is 0.643. The van der Waals surface area contributed by atoms with Crippen molar-refractivity contribution in [1.29, 1.82) is 0 Å². The van der Waals surface area contributed by atoms with Gasteiger partial charge in [-0.05, 0) is 18.9 Å². The average Bonchev–Trinajstić information content (AvgIpc) is 2.38. The Labute approximate surface area is 109 Å². The standard InChI is InChI=1S/C14H23NO3/c1-14(17,12-6-4-3-5-7-12)11-15-13(8-9-16)10-18-2/h3-7,13,15-17H,8-11H2,1-2H3. The normalized spacial score (nSPS) is 16.2. The summed E-state index contributed by atoms with van der Waals surface area (Å²) < 4.78 is 5.07. The fourth-order valence-corrected chi connectivity index (χ4v) is 1.84. The molecule has 0 spiro atoms. The number of hydrogen-bond donors (Lipinski definition) is 3. The van der Waals surface area contributed by atoms with Crippen molar-refractivity contribution in [2.45, 2.75) is 25.0 Å². The van der Waals surface area contributed by atoms with Gasteiger partial charge in [-0.25, -0.2) is 0 Å². The maximum atomic E-state index is 10.4. The van der Waals surface area contributed by atoms with Crippen molar-refractivity contribution < 1.29 is 14.9 Å². The van der Waals surface area contributed by atoms with Crippen LogP contribution in [0.3, 0.4) is 0 Å². The van der Waals surface area contributed by atoms with Crippen molar-refractivity contribution in [3.05, 3.63) is 35.9 Å². The number of methoxy groups -OCH3 is 1. The summed E-state index contributed by atoms with van der Waals surface area (Å²) in [6.45, 7) is 2.82. The molecule has 0 saturated carbocycles. The highest BCUT2D eigenvalue weighted by atomic mass is 16.5. The second kappa shape index (κ2) is 7.48. The molecule has 0 amide bonds. The van der Waals surface area contributed by atoms with E-state index in [1.54, 1.807) is 14.0 Å². The van der Waals surface area contributed by atoms with E-state index in [1.807, 2.05) is 30.3 Å². The molecule has 102 valence electrons. The molecule has 1 aromatic carbocycles. The maximum absolute atomic E-state index is 10.4. The first kappa shape index (κ1) is 15.1. The molecule has 4 heteroatoms. The first-order chi connectivity index (χ1) is 8.60. The Kier molecular flexibility index (Phi) is 6.29. The molecule has 18 heavy (non-hydrogen) atoms. The van der Waals surface area contributed by atoms with E-state index in [1.165, 1.54) is 0 Å². The molecule has 1 rings (SSSR count). The van der Waals surface area contributed by atoms with Crippen LogP contribution in [0.1, 0.15) is 18.9 Å². The summed E-state index contributed by atoms with van der Waals surface area (Å²) in [4.78, 5) is 0. The SMILES string of the molecule is COCC(CCO)NCC(C)(O)c1ccccc1. The minimum absolute atomic E-state index is 0.0511. The smallest absolute Gasteiger partial charge is 0.0992 e. The van der Waals surface area contributed by atoms with Gasteiger partial charge in [-0.3, -0.25) is 0 Å². The van der Waals surface area contributed by atoms with E-state index in [0.29, 0.717) is 19.6 Å². The molecule has 3 N–H and O–H groups in total. The molecule has 1 aromatic rings. The van der Waals surface area contributed by atoms with Gasteiger partial charge in [0.2, 0.25) is 0 Å². The number of rotatable bonds is 8. The molecule has 0 aliphatic heterocycles. The maximum Gasteiger partial charge on any atom is 0.0992 e. The minimum atomic E-state index is -0.928. The Bertz CT molecular complexity index is 321. The Morgan fingerprint density at radius 2 is 2.00 bits per heavy atom. The number of ether oxygens (including phenoxy) is 1. The lowest BCUT2D eigenvalue weighted by Crippen LogP contribution is -2.43. The molecule has 0 fully saturated rings. The lowest BCUT2D eigenvalue weighted by atomic mass is 9.95. The second-order valence-corrected chi connectivity index (χ2v) is 4.69. The fourth-order valence-electron chi connectivity index (χ4n) is 1.84. The number of hydrogen-bond acceptors (Lipinski definition) is 4. The third-order valence-electron chi connectivity index (χ3n) is 2.98. The predicted molar refractivity (Wildman–Crippen MR) is 71.4 cm³/mol. The van der Waals surface area contributed by atoms with Gasteiger partial charge in [0.15, 0.2) is 0 Å². The van der Waals surface area contributed by atoms with Crippen LogP contribution in [0.4, 0.5) is 0 Å². The molecule has 0 aliphatic carbocycles. The number of aliphatic hydroxyl groups excluding tert-OH is 1. The van der Waals surface area contributed by atoms with E-state index < -0.39 is 5.60 Å². The third kappa shape index (κ3) is 4.74. The first-order valence-electron chi connectivity index (χ1n) is 6.21. The Hall–Kier alpha value is -0.940. The number of aliphatic hydroxyl groups is 2. The average molecular weight is 253 g/mol. The highest BCUT2D eigenvalue weighted by Crippen LogP contribution is 2.19. The molecule has 2 unspecified atom stereocenters. The van der Waals surface area contributed by atoms with Gasteiger partial charge >= 0.3 is 0 Å². The Morgan fingerprint density at radius 1 is 1.33 bits per heavy atom. The summed E-state index contributed by atoms with van der Waals surface area (Å²) in [6.07, 6.45) is 0.610. The van der Waals surface area contributed by atoms with Gasteiger partial charge < -0.3 is 20.3 Å². The van der Waals surface area contributed by atoms with Crippen LogP contribution >= 0.6 is 0 Å². The van der Waals surface area contributed by atoms with Crippen molar-refractivity contribution in [1.82, 2.24) is 5.32 Å². The van der Waals surface area contributed by atoms with Crippen LogP contribution in [0.5, 0.6) is 0 Å². The molecule has 0 aromatic heterocycles. The van der Waals surface area contributed by atoms with E-state index in [9.17, 15) is 5.11 Å². The van der Waals surface area contributed by atoms with Crippen LogP contribution in [-0.2, 0) is 10.3 Å². The van der Waals surface area contributed by atoms with Crippen molar-refractivity contribution in [3.8, 4) is 0 Å². The topological polar surface area (TPSA) is 61.7 Å².